The van der Waals surface area contributed by atoms with E-state index in [2.05, 4.69) is 47.8 Å². The smallest absolute Gasteiger partial charge is 0.123 e. The lowest BCUT2D eigenvalue weighted by Gasteiger charge is -2.25. The molecule has 1 heterocycles. The van der Waals surface area contributed by atoms with Gasteiger partial charge in [0.05, 0.1) is 0 Å². The van der Waals surface area contributed by atoms with Gasteiger partial charge < -0.3 is 10.2 Å². The third-order valence-electron chi connectivity index (χ3n) is 3.26. The summed E-state index contributed by atoms with van der Waals surface area (Å²) in [6.45, 7) is 7.82. The summed E-state index contributed by atoms with van der Waals surface area (Å²) in [5.41, 5.74) is 3.35. The van der Waals surface area contributed by atoms with Gasteiger partial charge >= 0.3 is 0 Å². The van der Waals surface area contributed by atoms with E-state index in [1.165, 1.54) is 11.6 Å². The van der Waals surface area contributed by atoms with Gasteiger partial charge in [-0.2, -0.15) is 11.3 Å². The highest BCUT2D eigenvalue weighted by Crippen LogP contribution is 2.23. The van der Waals surface area contributed by atoms with Crippen LogP contribution in [0.1, 0.15) is 31.9 Å². The van der Waals surface area contributed by atoms with Crippen molar-refractivity contribution in [1.82, 2.24) is 5.32 Å². The number of benzene rings is 1. The molecule has 0 atom stereocenters. The van der Waals surface area contributed by atoms with Gasteiger partial charge in [-0.15, -0.1) is 0 Å². The van der Waals surface area contributed by atoms with E-state index in [1.54, 1.807) is 17.4 Å². The molecule has 1 aromatic heterocycles. The van der Waals surface area contributed by atoms with Crippen LogP contribution in [0, 0.1) is 5.82 Å². The molecule has 0 aliphatic rings. The third-order valence-corrected chi connectivity index (χ3v) is 3.99. The van der Waals surface area contributed by atoms with Crippen LogP contribution in [0.15, 0.2) is 35.0 Å². The molecule has 0 saturated carbocycles. The summed E-state index contributed by atoms with van der Waals surface area (Å²) < 4.78 is 13.6. The standard InChI is InChI=1S/C17H23FN2S/c1-17(2,3)19-10-14-9-15(18)5-6-16(14)20(4)11-13-7-8-21-12-13/h5-9,12,19H,10-11H2,1-4H3. The first-order chi connectivity index (χ1) is 9.85. The molecule has 2 nitrogen and oxygen atoms in total. The fourth-order valence-electron chi connectivity index (χ4n) is 2.17. The Labute approximate surface area is 130 Å². The largest absolute Gasteiger partial charge is 0.370 e. The van der Waals surface area contributed by atoms with E-state index in [0.29, 0.717) is 6.54 Å². The highest BCUT2D eigenvalue weighted by atomic mass is 32.1. The van der Waals surface area contributed by atoms with Gasteiger partial charge in [0.1, 0.15) is 5.82 Å². The first-order valence-electron chi connectivity index (χ1n) is 7.11. The quantitative estimate of drug-likeness (QED) is 0.880. The lowest BCUT2D eigenvalue weighted by Crippen LogP contribution is -2.35. The lowest BCUT2D eigenvalue weighted by atomic mass is 10.1. The molecule has 21 heavy (non-hydrogen) atoms. The van der Waals surface area contributed by atoms with Crippen molar-refractivity contribution in [2.45, 2.75) is 39.4 Å². The second-order valence-electron chi connectivity index (χ2n) is 6.36. The van der Waals surface area contributed by atoms with Crippen LogP contribution < -0.4 is 10.2 Å². The number of hydrogen-bond donors (Lipinski definition) is 1. The molecule has 0 bridgehead atoms. The number of halogens is 1. The van der Waals surface area contributed by atoms with E-state index in [0.717, 1.165) is 17.8 Å². The van der Waals surface area contributed by atoms with Crippen LogP contribution in [0.2, 0.25) is 0 Å². The Hall–Kier alpha value is -1.39. The highest BCUT2D eigenvalue weighted by molar-refractivity contribution is 7.07. The van der Waals surface area contributed by atoms with E-state index in [1.807, 2.05) is 13.1 Å². The van der Waals surface area contributed by atoms with Crippen LogP contribution in [0.3, 0.4) is 0 Å². The fourth-order valence-corrected chi connectivity index (χ4v) is 2.83. The van der Waals surface area contributed by atoms with Gasteiger partial charge in [-0.05, 0) is 66.9 Å². The molecule has 2 aromatic rings. The summed E-state index contributed by atoms with van der Waals surface area (Å²) in [6.07, 6.45) is 0. The molecule has 1 N–H and O–H groups in total. The van der Waals surface area contributed by atoms with E-state index < -0.39 is 0 Å². The average molecular weight is 306 g/mol. The van der Waals surface area contributed by atoms with Crippen molar-refractivity contribution in [3.63, 3.8) is 0 Å². The maximum atomic E-state index is 13.6. The van der Waals surface area contributed by atoms with Gasteiger partial charge in [-0.25, -0.2) is 4.39 Å². The zero-order chi connectivity index (χ0) is 15.5. The first-order valence-corrected chi connectivity index (χ1v) is 8.05. The second kappa shape index (κ2) is 6.58. The Morgan fingerprint density at radius 1 is 1.24 bits per heavy atom. The molecule has 0 radical (unpaired) electrons. The van der Waals surface area contributed by atoms with Gasteiger partial charge in [-0.3, -0.25) is 0 Å². The van der Waals surface area contributed by atoms with E-state index in [9.17, 15) is 4.39 Å². The predicted molar refractivity (Wildman–Crippen MR) is 89.4 cm³/mol. The molecule has 0 fully saturated rings. The van der Waals surface area contributed by atoms with Crippen molar-refractivity contribution in [2.75, 3.05) is 11.9 Å². The minimum atomic E-state index is -0.187. The molecule has 0 aliphatic carbocycles. The monoisotopic (exact) mass is 306 g/mol. The van der Waals surface area contributed by atoms with Gasteiger partial charge in [0, 0.05) is 31.4 Å². The molecule has 0 amide bonds. The number of nitrogens with one attached hydrogen (secondary N) is 1. The second-order valence-corrected chi connectivity index (χ2v) is 7.14. The zero-order valence-corrected chi connectivity index (χ0v) is 13.9. The fraction of sp³-hybridized carbons (Fsp3) is 0.412. The Morgan fingerprint density at radius 3 is 2.62 bits per heavy atom. The van der Waals surface area contributed by atoms with Crippen LogP contribution in [0.4, 0.5) is 10.1 Å². The summed E-state index contributed by atoms with van der Waals surface area (Å²) in [5.74, 6) is -0.187. The van der Waals surface area contributed by atoms with Crippen molar-refractivity contribution in [2.24, 2.45) is 0 Å². The van der Waals surface area contributed by atoms with Crippen LogP contribution in [0.25, 0.3) is 0 Å². The molecule has 114 valence electrons. The summed E-state index contributed by atoms with van der Waals surface area (Å²) in [4.78, 5) is 2.17. The van der Waals surface area contributed by atoms with Crippen molar-refractivity contribution in [3.8, 4) is 0 Å². The zero-order valence-electron chi connectivity index (χ0n) is 13.1. The van der Waals surface area contributed by atoms with Gasteiger partial charge in [-0.1, -0.05) is 0 Å². The Morgan fingerprint density at radius 2 is 2.00 bits per heavy atom. The molecule has 0 aliphatic heterocycles. The Balaban J connectivity index is 2.17. The number of hydrogen-bond acceptors (Lipinski definition) is 3. The maximum Gasteiger partial charge on any atom is 0.123 e. The Bertz CT molecular complexity index is 573. The molecule has 0 spiro atoms. The van der Waals surface area contributed by atoms with Crippen LogP contribution >= 0.6 is 11.3 Å². The van der Waals surface area contributed by atoms with Crippen molar-refractivity contribution in [1.29, 1.82) is 0 Å². The molecule has 0 unspecified atom stereocenters. The van der Waals surface area contributed by atoms with Crippen LogP contribution in [0.5, 0.6) is 0 Å². The number of thiophene rings is 1. The van der Waals surface area contributed by atoms with Gasteiger partial charge in [0.15, 0.2) is 0 Å². The Kier molecular flexibility index (Phi) is 5.01. The van der Waals surface area contributed by atoms with E-state index in [4.69, 9.17) is 0 Å². The van der Waals surface area contributed by atoms with Crippen molar-refractivity contribution < 1.29 is 4.39 Å². The van der Waals surface area contributed by atoms with E-state index in [-0.39, 0.29) is 11.4 Å². The molecular formula is C17H23FN2S. The minimum Gasteiger partial charge on any atom is -0.370 e. The summed E-state index contributed by atoms with van der Waals surface area (Å²) >= 11 is 1.70. The third kappa shape index (κ3) is 4.83. The summed E-state index contributed by atoms with van der Waals surface area (Å²) in [6, 6.07) is 7.14. The molecule has 0 saturated heterocycles. The predicted octanol–water partition coefficient (Wildman–Crippen LogP) is 4.41. The minimum absolute atomic E-state index is 0.00944. The van der Waals surface area contributed by atoms with Crippen LogP contribution in [-0.4, -0.2) is 12.6 Å². The maximum absolute atomic E-state index is 13.6. The highest BCUT2D eigenvalue weighted by Gasteiger charge is 2.13. The number of anilines is 1. The molecular weight excluding hydrogens is 283 g/mol. The van der Waals surface area contributed by atoms with Crippen molar-refractivity contribution in [3.05, 3.63) is 52.0 Å². The molecule has 1 aromatic carbocycles. The number of nitrogens with zero attached hydrogens (tertiary/aromatic N) is 1. The van der Waals surface area contributed by atoms with Gasteiger partial charge in [0.2, 0.25) is 0 Å². The first kappa shape index (κ1) is 16.0. The lowest BCUT2D eigenvalue weighted by molar-refractivity contribution is 0.423. The number of rotatable bonds is 5. The van der Waals surface area contributed by atoms with Crippen molar-refractivity contribution >= 4 is 17.0 Å². The van der Waals surface area contributed by atoms with Gasteiger partial charge in [0.25, 0.3) is 0 Å². The van der Waals surface area contributed by atoms with Crippen LogP contribution in [-0.2, 0) is 13.1 Å². The molecule has 2 rings (SSSR count). The topological polar surface area (TPSA) is 15.3 Å². The van der Waals surface area contributed by atoms with E-state index >= 15 is 0 Å². The summed E-state index contributed by atoms with van der Waals surface area (Å²) in [7, 11) is 2.05. The summed E-state index contributed by atoms with van der Waals surface area (Å²) in [5, 5.41) is 7.65. The average Bonchev–Trinajstić information content (AvgIpc) is 2.88. The SMILES string of the molecule is CN(Cc1ccsc1)c1ccc(F)cc1CNC(C)(C)C. The normalized spacial score (nSPS) is 11.7. The molecule has 4 heteroatoms.